The van der Waals surface area contributed by atoms with Crippen molar-refractivity contribution in [1.82, 2.24) is 15.6 Å². The van der Waals surface area contributed by atoms with Crippen LogP contribution in [0.25, 0.3) is 0 Å². The Hall–Kier alpha value is -0.570. The first kappa shape index (κ1) is 18.4. The average Bonchev–Trinajstić information content (AvgIpc) is 2.38. The number of guanidine groups is 1. The molecule has 19 heavy (non-hydrogen) atoms. The van der Waals surface area contributed by atoms with Crippen LogP contribution in [0.15, 0.2) is 23.3 Å². The van der Waals surface area contributed by atoms with E-state index in [1.807, 2.05) is 6.92 Å². The van der Waals surface area contributed by atoms with Gasteiger partial charge in [-0.05, 0) is 25.3 Å². The predicted molar refractivity (Wildman–Crippen MR) is 90.8 cm³/mol. The molecule has 0 bridgehead atoms. The van der Waals surface area contributed by atoms with Crippen molar-refractivity contribution >= 4 is 41.7 Å². The Kier molecular flexibility index (Phi) is 10.9. The lowest BCUT2D eigenvalue weighted by Gasteiger charge is -2.10. The zero-order valence-corrected chi connectivity index (χ0v) is 14.3. The molecule has 108 valence electrons. The molecular weight excluding hydrogens is 378 g/mol. The van der Waals surface area contributed by atoms with Gasteiger partial charge in [0.1, 0.15) is 5.82 Å². The number of halogens is 2. The van der Waals surface area contributed by atoms with Gasteiger partial charge < -0.3 is 10.6 Å². The predicted octanol–water partition coefficient (Wildman–Crippen LogP) is 2.26. The van der Waals surface area contributed by atoms with E-state index in [4.69, 9.17) is 0 Å². The molecule has 1 aromatic heterocycles. The zero-order chi connectivity index (χ0) is 13.2. The van der Waals surface area contributed by atoms with Crippen LogP contribution in [-0.4, -0.2) is 36.0 Å². The largest absolute Gasteiger partial charge is 0.357 e. The van der Waals surface area contributed by atoms with Crippen molar-refractivity contribution in [2.24, 2.45) is 4.99 Å². The minimum Gasteiger partial charge on any atom is -0.357 e. The highest BCUT2D eigenvalue weighted by Gasteiger charge is 2.02. The van der Waals surface area contributed by atoms with Crippen molar-refractivity contribution in [3.8, 4) is 0 Å². The van der Waals surface area contributed by atoms with Crippen LogP contribution < -0.4 is 10.6 Å². The van der Waals surface area contributed by atoms with E-state index in [9.17, 15) is 4.39 Å². The first-order valence-electron chi connectivity index (χ1n) is 5.88. The van der Waals surface area contributed by atoms with Gasteiger partial charge in [0.15, 0.2) is 5.96 Å². The Balaban J connectivity index is 0.00000324. The van der Waals surface area contributed by atoms with Gasteiger partial charge in [-0.2, -0.15) is 11.8 Å². The minimum atomic E-state index is -0.318. The molecule has 0 aliphatic heterocycles. The number of hydrogen-bond acceptors (Lipinski definition) is 3. The molecule has 0 aliphatic carbocycles. The molecule has 0 aliphatic rings. The minimum absolute atomic E-state index is 0. The van der Waals surface area contributed by atoms with E-state index in [0.29, 0.717) is 11.7 Å². The lowest BCUT2D eigenvalue weighted by molar-refractivity contribution is 0.599. The number of pyridine rings is 1. The molecule has 0 radical (unpaired) electrons. The fourth-order valence-corrected chi connectivity index (χ4v) is 1.61. The lowest BCUT2D eigenvalue weighted by Crippen LogP contribution is -2.38. The Morgan fingerprint density at radius 1 is 1.47 bits per heavy atom. The summed E-state index contributed by atoms with van der Waals surface area (Å²) in [5.74, 6) is 1.38. The fourth-order valence-electron chi connectivity index (χ4n) is 1.30. The van der Waals surface area contributed by atoms with Gasteiger partial charge in [-0.3, -0.25) is 4.98 Å². The second kappa shape index (κ2) is 11.3. The Morgan fingerprint density at radius 3 is 2.89 bits per heavy atom. The van der Waals surface area contributed by atoms with E-state index < -0.39 is 0 Å². The van der Waals surface area contributed by atoms with Crippen LogP contribution in [-0.2, 0) is 6.54 Å². The number of aromatic nitrogens is 1. The van der Waals surface area contributed by atoms with Crippen molar-refractivity contribution in [2.45, 2.75) is 13.5 Å². The van der Waals surface area contributed by atoms with Gasteiger partial charge in [0, 0.05) is 25.0 Å². The summed E-state index contributed by atoms with van der Waals surface area (Å²) in [6.45, 7) is 3.84. The molecule has 4 nitrogen and oxygen atoms in total. The normalized spacial score (nSPS) is 10.8. The van der Waals surface area contributed by atoms with Crippen LogP contribution in [0, 0.1) is 5.82 Å². The number of nitrogens with zero attached hydrogens (tertiary/aromatic N) is 2. The van der Waals surface area contributed by atoms with Crippen molar-refractivity contribution in [1.29, 1.82) is 0 Å². The van der Waals surface area contributed by atoms with Crippen LogP contribution >= 0.6 is 35.7 Å². The molecule has 0 fully saturated rings. The number of rotatable bonds is 6. The quantitative estimate of drug-likeness (QED) is 0.334. The van der Waals surface area contributed by atoms with Crippen LogP contribution in [0.5, 0.6) is 0 Å². The molecule has 7 heteroatoms. The maximum atomic E-state index is 13.4. The zero-order valence-electron chi connectivity index (χ0n) is 11.1. The SMILES string of the molecule is CCNC(=NCc1ncccc1F)NCCSC.I. The summed E-state index contributed by atoms with van der Waals surface area (Å²) >= 11 is 1.76. The highest BCUT2D eigenvalue weighted by Crippen LogP contribution is 2.03. The third-order valence-electron chi connectivity index (χ3n) is 2.16. The Bertz CT molecular complexity index is 390. The monoisotopic (exact) mass is 398 g/mol. The smallest absolute Gasteiger partial charge is 0.191 e. The van der Waals surface area contributed by atoms with E-state index in [0.717, 1.165) is 18.8 Å². The molecule has 0 saturated carbocycles. The van der Waals surface area contributed by atoms with Crippen LogP contribution in [0.4, 0.5) is 4.39 Å². The summed E-state index contributed by atoms with van der Waals surface area (Å²) in [4.78, 5) is 8.26. The summed E-state index contributed by atoms with van der Waals surface area (Å²) in [5, 5.41) is 6.29. The van der Waals surface area contributed by atoms with E-state index in [1.54, 1.807) is 24.0 Å². The van der Waals surface area contributed by atoms with Gasteiger partial charge in [0.05, 0.1) is 12.2 Å². The van der Waals surface area contributed by atoms with E-state index in [2.05, 4.69) is 26.9 Å². The molecule has 0 saturated heterocycles. The second-order valence-electron chi connectivity index (χ2n) is 3.55. The average molecular weight is 398 g/mol. The number of thioether (sulfide) groups is 1. The summed E-state index contributed by atoms with van der Waals surface area (Å²) in [7, 11) is 0. The Labute approximate surface area is 135 Å². The van der Waals surface area contributed by atoms with E-state index in [-0.39, 0.29) is 36.3 Å². The Morgan fingerprint density at radius 2 is 2.26 bits per heavy atom. The van der Waals surface area contributed by atoms with Crippen LogP contribution in [0.3, 0.4) is 0 Å². The molecule has 1 heterocycles. The van der Waals surface area contributed by atoms with Crippen molar-refractivity contribution in [3.63, 3.8) is 0 Å². The maximum Gasteiger partial charge on any atom is 0.191 e. The van der Waals surface area contributed by atoms with Gasteiger partial charge in [0.2, 0.25) is 0 Å². The first-order chi connectivity index (χ1) is 8.77. The van der Waals surface area contributed by atoms with Gasteiger partial charge in [-0.15, -0.1) is 24.0 Å². The maximum absolute atomic E-state index is 13.4. The van der Waals surface area contributed by atoms with Crippen molar-refractivity contribution in [2.75, 3.05) is 25.1 Å². The number of hydrogen-bond donors (Lipinski definition) is 2. The third-order valence-corrected chi connectivity index (χ3v) is 2.78. The number of aliphatic imine (C=N–C) groups is 1. The van der Waals surface area contributed by atoms with Gasteiger partial charge >= 0.3 is 0 Å². The third kappa shape index (κ3) is 7.56. The van der Waals surface area contributed by atoms with Crippen LogP contribution in [0.2, 0.25) is 0 Å². The molecule has 0 atom stereocenters. The summed E-state index contributed by atoms with van der Waals surface area (Å²) in [5.41, 5.74) is 0.361. The van der Waals surface area contributed by atoms with Gasteiger partial charge in [-0.1, -0.05) is 0 Å². The van der Waals surface area contributed by atoms with Gasteiger partial charge in [-0.25, -0.2) is 9.38 Å². The summed E-state index contributed by atoms with van der Waals surface area (Å²) in [6.07, 6.45) is 3.62. The highest BCUT2D eigenvalue weighted by molar-refractivity contribution is 14.0. The molecular formula is C12H20FIN4S. The van der Waals surface area contributed by atoms with Crippen LogP contribution in [0.1, 0.15) is 12.6 Å². The molecule has 1 aromatic rings. The standard InChI is InChI=1S/C12H19FN4S.HI/c1-3-14-12(16-7-8-18-2)17-9-11-10(13)5-4-6-15-11;/h4-6H,3,7-9H2,1-2H3,(H2,14,16,17);1H. The molecule has 0 amide bonds. The van der Waals surface area contributed by atoms with Gasteiger partial charge in [0.25, 0.3) is 0 Å². The van der Waals surface area contributed by atoms with E-state index >= 15 is 0 Å². The molecule has 0 spiro atoms. The second-order valence-corrected chi connectivity index (χ2v) is 4.53. The number of nitrogens with one attached hydrogen (secondary N) is 2. The summed E-state index contributed by atoms with van der Waals surface area (Å²) < 4.78 is 13.4. The topological polar surface area (TPSA) is 49.3 Å². The lowest BCUT2D eigenvalue weighted by atomic mass is 10.3. The molecule has 2 N–H and O–H groups in total. The van der Waals surface area contributed by atoms with Crippen molar-refractivity contribution < 1.29 is 4.39 Å². The molecule has 0 unspecified atom stereocenters. The first-order valence-corrected chi connectivity index (χ1v) is 7.27. The van der Waals surface area contributed by atoms with E-state index in [1.165, 1.54) is 6.07 Å². The summed E-state index contributed by atoms with van der Waals surface area (Å²) in [6, 6.07) is 2.97. The fraction of sp³-hybridized carbons (Fsp3) is 0.500. The van der Waals surface area contributed by atoms with Crippen molar-refractivity contribution in [3.05, 3.63) is 29.8 Å². The highest BCUT2D eigenvalue weighted by atomic mass is 127. The molecule has 0 aromatic carbocycles. The molecule has 1 rings (SSSR count).